The lowest BCUT2D eigenvalue weighted by Crippen LogP contribution is -2.26. The Morgan fingerprint density at radius 3 is 1.35 bits per heavy atom. The summed E-state index contributed by atoms with van der Waals surface area (Å²) in [5.74, 6) is 0. The van der Waals surface area contributed by atoms with Gasteiger partial charge >= 0.3 is 17.2 Å². The highest BCUT2D eigenvalue weighted by Gasteiger charge is 2.31. The fraction of sp³-hybridized carbons (Fsp3) is 1.00. The highest BCUT2D eigenvalue weighted by Crippen LogP contribution is 2.50. The first-order chi connectivity index (χ1) is 10.8. The van der Waals surface area contributed by atoms with Crippen LogP contribution < -0.4 is 0 Å². The summed E-state index contributed by atoms with van der Waals surface area (Å²) in [6.07, 6.45) is 3.26. The summed E-state index contributed by atoms with van der Waals surface area (Å²) in [7, 11) is -2.53. The molecule has 2 heterocycles. The molecule has 23 heavy (non-hydrogen) atoms. The van der Waals surface area contributed by atoms with E-state index in [9.17, 15) is 0 Å². The zero-order valence-corrected chi connectivity index (χ0v) is 16.7. The quantitative estimate of drug-likeness (QED) is 0.610. The molecule has 6 atom stereocenters. The molecule has 0 amide bonds. The molecule has 2 fully saturated rings. The Morgan fingerprint density at radius 1 is 0.739 bits per heavy atom. The second-order valence-corrected chi connectivity index (χ2v) is 8.81. The molecule has 0 unspecified atom stereocenters. The van der Waals surface area contributed by atoms with Crippen LogP contribution in [0.3, 0.4) is 0 Å². The standard InChI is InChI=1S/C15H30O6P2/c1-10-7-11(2)17-22(16-10)20-14(5)9-15(6)21-23-18-12(3)8-13(4)19-23/h10-15H,7-9H2,1-6H3/t10-,11-,12-,13-,14-,15-/m1/s1. The van der Waals surface area contributed by atoms with Gasteiger partial charge in [-0.1, -0.05) is 0 Å². The first-order valence-corrected chi connectivity index (χ1v) is 10.6. The summed E-state index contributed by atoms with van der Waals surface area (Å²) >= 11 is 0. The largest absolute Gasteiger partial charge is 0.333 e. The van der Waals surface area contributed by atoms with Gasteiger partial charge < -0.3 is 27.1 Å². The van der Waals surface area contributed by atoms with E-state index in [-0.39, 0.29) is 36.6 Å². The zero-order valence-electron chi connectivity index (χ0n) is 14.9. The van der Waals surface area contributed by atoms with Crippen LogP contribution in [-0.2, 0) is 27.1 Å². The molecule has 2 rings (SSSR count). The minimum atomic E-state index is -1.27. The lowest BCUT2D eigenvalue weighted by atomic mass is 10.2. The smallest absolute Gasteiger partial charge is 0.309 e. The minimum Gasteiger partial charge on any atom is -0.309 e. The molecule has 136 valence electrons. The van der Waals surface area contributed by atoms with Crippen LogP contribution in [0.15, 0.2) is 0 Å². The Bertz CT molecular complexity index is 309. The molecule has 8 heteroatoms. The van der Waals surface area contributed by atoms with E-state index in [1.807, 2.05) is 13.8 Å². The van der Waals surface area contributed by atoms with Crippen LogP contribution >= 0.6 is 17.2 Å². The number of hydrogen-bond acceptors (Lipinski definition) is 6. The zero-order chi connectivity index (χ0) is 17.0. The van der Waals surface area contributed by atoms with Crippen LogP contribution in [0.5, 0.6) is 0 Å². The van der Waals surface area contributed by atoms with Gasteiger partial charge in [-0.25, -0.2) is 0 Å². The molecule has 0 aromatic rings. The first kappa shape index (κ1) is 19.9. The fourth-order valence-corrected chi connectivity index (χ4v) is 5.27. The maximum atomic E-state index is 5.90. The van der Waals surface area contributed by atoms with E-state index in [1.165, 1.54) is 0 Å². The van der Waals surface area contributed by atoms with Gasteiger partial charge in [0.2, 0.25) is 0 Å². The van der Waals surface area contributed by atoms with Crippen molar-refractivity contribution in [2.75, 3.05) is 0 Å². The predicted molar refractivity (Wildman–Crippen MR) is 91.0 cm³/mol. The molecular weight excluding hydrogens is 338 g/mol. The van der Waals surface area contributed by atoms with Crippen molar-refractivity contribution in [1.29, 1.82) is 0 Å². The Kier molecular flexibility index (Phi) is 8.11. The first-order valence-electron chi connectivity index (χ1n) is 8.42. The molecule has 0 aromatic heterocycles. The molecule has 0 bridgehead atoms. The lowest BCUT2D eigenvalue weighted by Gasteiger charge is -2.33. The Hall–Kier alpha value is 0.620. The average Bonchev–Trinajstić information content (AvgIpc) is 2.34. The summed E-state index contributed by atoms with van der Waals surface area (Å²) in [6.45, 7) is 12.2. The molecule has 0 aliphatic carbocycles. The molecule has 0 spiro atoms. The maximum Gasteiger partial charge on any atom is 0.333 e. The molecule has 0 radical (unpaired) electrons. The second kappa shape index (κ2) is 9.35. The fourth-order valence-electron chi connectivity index (χ4n) is 2.69. The van der Waals surface area contributed by atoms with Gasteiger partial charge in [-0.05, 0) is 41.5 Å². The molecule has 2 aliphatic heterocycles. The van der Waals surface area contributed by atoms with Crippen molar-refractivity contribution in [2.45, 2.75) is 97.4 Å². The summed E-state index contributed by atoms with van der Waals surface area (Å²) in [5.41, 5.74) is 0. The van der Waals surface area contributed by atoms with Crippen molar-refractivity contribution in [3.63, 3.8) is 0 Å². The van der Waals surface area contributed by atoms with Gasteiger partial charge in [0, 0.05) is 19.3 Å². The van der Waals surface area contributed by atoms with Gasteiger partial charge in [-0.3, -0.25) is 0 Å². The van der Waals surface area contributed by atoms with Crippen LogP contribution in [0.1, 0.15) is 60.8 Å². The Morgan fingerprint density at radius 2 is 1.04 bits per heavy atom. The summed E-state index contributed by atoms with van der Waals surface area (Å²) in [4.78, 5) is 0. The third kappa shape index (κ3) is 7.17. The lowest BCUT2D eigenvalue weighted by molar-refractivity contribution is 0.00210. The third-order valence-corrected chi connectivity index (χ3v) is 6.78. The maximum absolute atomic E-state index is 5.90. The van der Waals surface area contributed by atoms with Gasteiger partial charge in [-0.15, -0.1) is 0 Å². The number of hydrogen-bond donors (Lipinski definition) is 0. The normalized spacial score (nSPS) is 41.5. The monoisotopic (exact) mass is 368 g/mol. The molecule has 2 saturated heterocycles. The van der Waals surface area contributed by atoms with E-state index in [0.29, 0.717) is 0 Å². The Labute approximate surface area is 142 Å². The van der Waals surface area contributed by atoms with Crippen molar-refractivity contribution in [1.82, 2.24) is 0 Å². The summed E-state index contributed by atoms with van der Waals surface area (Å²) in [6, 6.07) is 0. The van der Waals surface area contributed by atoms with Gasteiger partial charge in [0.25, 0.3) is 0 Å². The summed E-state index contributed by atoms with van der Waals surface area (Å²) < 4.78 is 34.7. The van der Waals surface area contributed by atoms with Gasteiger partial charge in [0.1, 0.15) is 0 Å². The second-order valence-electron chi connectivity index (χ2n) is 6.65. The minimum absolute atomic E-state index is 0.0109. The van der Waals surface area contributed by atoms with Crippen molar-refractivity contribution in [3.8, 4) is 0 Å². The molecule has 6 nitrogen and oxygen atoms in total. The van der Waals surface area contributed by atoms with Crippen LogP contribution in [0.25, 0.3) is 0 Å². The van der Waals surface area contributed by atoms with Crippen LogP contribution in [0.4, 0.5) is 0 Å². The third-order valence-electron chi connectivity index (χ3n) is 3.59. The predicted octanol–water partition coefficient (Wildman–Crippen LogP) is 5.07. The van der Waals surface area contributed by atoms with Crippen LogP contribution in [0.2, 0.25) is 0 Å². The van der Waals surface area contributed by atoms with E-state index in [1.54, 1.807) is 0 Å². The number of rotatable bonds is 6. The highest BCUT2D eigenvalue weighted by molar-refractivity contribution is 7.42. The van der Waals surface area contributed by atoms with Crippen molar-refractivity contribution >= 4 is 17.2 Å². The highest BCUT2D eigenvalue weighted by atomic mass is 31.2. The van der Waals surface area contributed by atoms with Crippen molar-refractivity contribution < 1.29 is 27.1 Å². The van der Waals surface area contributed by atoms with Crippen molar-refractivity contribution in [3.05, 3.63) is 0 Å². The van der Waals surface area contributed by atoms with E-state index in [0.717, 1.165) is 19.3 Å². The topological polar surface area (TPSA) is 55.4 Å². The molecule has 0 saturated carbocycles. The summed E-state index contributed by atoms with van der Waals surface area (Å²) in [5, 5.41) is 0. The van der Waals surface area contributed by atoms with E-state index in [2.05, 4.69) is 27.7 Å². The average molecular weight is 368 g/mol. The van der Waals surface area contributed by atoms with Gasteiger partial charge in [0.15, 0.2) is 0 Å². The van der Waals surface area contributed by atoms with Crippen molar-refractivity contribution in [2.24, 2.45) is 0 Å². The van der Waals surface area contributed by atoms with Crippen LogP contribution in [0, 0.1) is 0 Å². The Balaban J connectivity index is 1.70. The molecule has 0 aromatic carbocycles. The van der Waals surface area contributed by atoms with E-state index >= 15 is 0 Å². The van der Waals surface area contributed by atoms with Gasteiger partial charge in [-0.2, -0.15) is 0 Å². The van der Waals surface area contributed by atoms with E-state index < -0.39 is 17.2 Å². The SMILES string of the molecule is C[C@H](C[C@@H](C)OP1O[C@H](C)C[C@@H](C)O1)OP1O[C@H](C)C[C@@H](C)O1. The molecule has 2 aliphatic rings. The molecule has 0 N–H and O–H groups in total. The molecular formula is C15H30O6P2. The van der Waals surface area contributed by atoms with E-state index in [4.69, 9.17) is 27.1 Å². The van der Waals surface area contributed by atoms with Gasteiger partial charge in [0.05, 0.1) is 36.6 Å². The van der Waals surface area contributed by atoms with Crippen LogP contribution in [-0.4, -0.2) is 36.6 Å².